The van der Waals surface area contributed by atoms with Crippen LogP contribution in [-0.2, 0) is 0 Å². The van der Waals surface area contributed by atoms with Gasteiger partial charge in [-0.2, -0.15) is 0 Å². The van der Waals surface area contributed by atoms with E-state index < -0.39 is 11.7 Å². The summed E-state index contributed by atoms with van der Waals surface area (Å²) in [5, 5.41) is 2.70. The highest BCUT2D eigenvalue weighted by atomic mass is 32.1. The van der Waals surface area contributed by atoms with Gasteiger partial charge in [0.25, 0.3) is 5.91 Å². The molecule has 6 nitrogen and oxygen atoms in total. The third-order valence-corrected chi connectivity index (χ3v) is 3.34. The van der Waals surface area contributed by atoms with Crippen LogP contribution in [0.15, 0.2) is 42.5 Å². The number of rotatable bonds is 5. The molecule has 2 aromatic carbocycles. The summed E-state index contributed by atoms with van der Waals surface area (Å²) in [6.07, 6.45) is 0. The molecule has 8 heteroatoms. The minimum atomic E-state index is -0.450. The maximum atomic E-state index is 13.5. The second kappa shape index (κ2) is 8.84. The second-order valence-corrected chi connectivity index (χ2v) is 5.22. The van der Waals surface area contributed by atoms with E-state index in [0.717, 1.165) is 0 Å². The van der Waals surface area contributed by atoms with Crippen molar-refractivity contribution in [2.45, 2.75) is 6.92 Å². The molecule has 0 saturated heterocycles. The lowest BCUT2D eigenvalue weighted by molar-refractivity contribution is 0.0943. The first kappa shape index (κ1) is 18.5. The number of methoxy groups -OCH3 is 1. The number of para-hydroxylation sites is 1. The number of hydrogen-bond donors (Lipinski definition) is 3. The molecular weight excluding hydrogens is 345 g/mol. The van der Waals surface area contributed by atoms with Gasteiger partial charge in [-0.3, -0.25) is 15.6 Å². The fraction of sp³-hybridized carbons (Fsp3) is 0.176. The first-order chi connectivity index (χ1) is 12.0. The Morgan fingerprint density at radius 1 is 1.16 bits per heavy atom. The number of nitrogens with one attached hydrogen (secondary N) is 3. The third kappa shape index (κ3) is 5.05. The largest absolute Gasteiger partial charge is 0.493 e. The average Bonchev–Trinajstić information content (AvgIpc) is 2.62. The molecule has 0 fully saturated rings. The molecule has 0 aliphatic heterocycles. The van der Waals surface area contributed by atoms with Crippen LogP contribution >= 0.6 is 12.2 Å². The summed E-state index contributed by atoms with van der Waals surface area (Å²) in [5.74, 6) is 0.112. The predicted octanol–water partition coefficient (Wildman–Crippen LogP) is 2.86. The van der Waals surface area contributed by atoms with Gasteiger partial charge in [0.05, 0.1) is 19.4 Å². The highest BCUT2D eigenvalue weighted by Crippen LogP contribution is 2.27. The first-order valence-corrected chi connectivity index (χ1v) is 7.88. The van der Waals surface area contributed by atoms with Crippen molar-refractivity contribution in [3.63, 3.8) is 0 Å². The number of hydrogen-bond acceptors (Lipinski definition) is 4. The lowest BCUT2D eigenvalue weighted by Gasteiger charge is -2.13. The number of ether oxygens (including phenoxy) is 2. The van der Waals surface area contributed by atoms with Crippen LogP contribution in [0.3, 0.4) is 0 Å². The quantitative estimate of drug-likeness (QED) is 0.561. The lowest BCUT2D eigenvalue weighted by atomic mass is 10.2. The SMILES string of the molecule is CCOc1ccc(C(=O)NNC(=S)Nc2ccccc2F)cc1OC. The summed E-state index contributed by atoms with van der Waals surface area (Å²) < 4.78 is 24.1. The highest BCUT2D eigenvalue weighted by Gasteiger charge is 2.11. The van der Waals surface area contributed by atoms with E-state index in [1.54, 1.807) is 30.3 Å². The van der Waals surface area contributed by atoms with Crippen molar-refractivity contribution in [3.05, 3.63) is 53.8 Å². The molecule has 2 aromatic rings. The number of amides is 1. The molecular formula is C17H18FN3O3S. The Labute approximate surface area is 150 Å². The second-order valence-electron chi connectivity index (χ2n) is 4.81. The van der Waals surface area contributed by atoms with Crippen molar-refractivity contribution in [2.24, 2.45) is 0 Å². The number of thiocarbonyl (C=S) groups is 1. The highest BCUT2D eigenvalue weighted by molar-refractivity contribution is 7.80. The smallest absolute Gasteiger partial charge is 0.269 e. The van der Waals surface area contributed by atoms with Gasteiger partial charge in [0, 0.05) is 5.56 Å². The van der Waals surface area contributed by atoms with Crippen LogP contribution in [0.5, 0.6) is 11.5 Å². The standard InChI is InChI=1S/C17H18FN3O3S/c1-3-24-14-9-8-11(10-15(14)23-2)16(22)20-21-17(25)19-13-7-5-4-6-12(13)18/h4-10H,3H2,1-2H3,(H,20,22)(H2,19,21,25). The molecule has 0 atom stereocenters. The molecule has 0 aliphatic rings. The fourth-order valence-electron chi connectivity index (χ4n) is 1.99. The number of halogens is 1. The first-order valence-electron chi connectivity index (χ1n) is 7.47. The molecule has 0 saturated carbocycles. The molecule has 132 valence electrons. The Morgan fingerprint density at radius 3 is 2.60 bits per heavy atom. The van der Waals surface area contributed by atoms with Crippen LogP contribution < -0.4 is 25.6 Å². The third-order valence-electron chi connectivity index (χ3n) is 3.14. The number of benzene rings is 2. The maximum Gasteiger partial charge on any atom is 0.269 e. The van der Waals surface area contributed by atoms with Crippen molar-refractivity contribution >= 4 is 28.9 Å². The van der Waals surface area contributed by atoms with E-state index in [4.69, 9.17) is 21.7 Å². The Morgan fingerprint density at radius 2 is 1.92 bits per heavy atom. The van der Waals surface area contributed by atoms with Gasteiger partial charge in [-0.15, -0.1) is 0 Å². The normalized spacial score (nSPS) is 9.88. The van der Waals surface area contributed by atoms with Gasteiger partial charge in [0.1, 0.15) is 5.82 Å². The molecule has 3 N–H and O–H groups in total. The molecule has 25 heavy (non-hydrogen) atoms. The summed E-state index contributed by atoms with van der Waals surface area (Å²) in [4.78, 5) is 12.2. The summed E-state index contributed by atoms with van der Waals surface area (Å²) in [5.41, 5.74) is 5.50. The van der Waals surface area contributed by atoms with Crippen LogP contribution in [0.2, 0.25) is 0 Å². The van der Waals surface area contributed by atoms with E-state index >= 15 is 0 Å². The van der Waals surface area contributed by atoms with Crippen LogP contribution in [0.25, 0.3) is 0 Å². The summed E-state index contributed by atoms with van der Waals surface area (Å²) in [7, 11) is 1.49. The minimum Gasteiger partial charge on any atom is -0.493 e. The predicted molar refractivity (Wildman–Crippen MR) is 97.4 cm³/mol. The zero-order chi connectivity index (χ0) is 18.2. The number of carbonyl (C=O) groups excluding carboxylic acids is 1. The Balaban J connectivity index is 1.95. The van der Waals surface area contributed by atoms with Gasteiger partial charge in [-0.25, -0.2) is 4.39 Å². The summed E-state index contributed by atoms with van der Waals surface area (Å²) in [6.45, 7) is 2.34. The zero-order valence-electron chi connectivity index (χ0n) is 13.8. The zero-order valence-corrected chi connectivity index (χ0v) is 14.6. The van der Waals surface area contributed by atoms with Gasteiger partial charge < -0.3 is 14.8 Å². The number of hydrazine groups is 1. The summed E-state index contributed by atoms with van der Waals surface area (Å²) in [6, 6.07) is 10.9. The van der Waals surface area contributed by atoms with Crippen molar-refractivity contribution in [1.29, 1.82) is 0 Å². The van der Waals surface area contributed by atoms with Crippen LogP contribution in [0.4, 0.5) is 10.1 Å². The topological polar surface area (TPSA) is 71.6 Å². The maximum absolute atomic E-state index is 13.5. The lowest BCUT2D eigenvalue weighted by Crippen LogP contribution is -2.43. The fourth-order valence-corrected chi connectivity index (χ4v) is 2.15. The average molecular weight is 363 g/mol. The van der Waals surface area contributed by atoms with Crippen LogP contribution in [0, 0.1) is 5.82 Å². The van der Waals surface area contributed by atoms with E-state index in [-0.39, 0.29) is 10.8 Å². The summed E-state index contributed by atoms with van der Waals surface area (Å²) >= 11 is 5.02. The molecule has 0 aliphatic carbocycles. The Hall–Kier alpha value is -2.87. The van der Waals surface area contributed by atoms with E-state index in [0.29, 0.717) is 23.7 Å². The molecule has 0 heterocycles. The van der Waals surface area contributed by atoms with E-state index in [2.05, 4.69) is 16.2 Å². The van der Waals surface area contributed by atoms with E-state index in [1.165, 1.54) is 19.2 Å². The van der Waals surface area contributed by atoms with Gasteiger partial charge >= 0.3 is 0 Å². The molecule has 0 bridgehead atoms. The molecule has 0 aromatic heterocycles. The van der Waals surface area contributed by atoms with Crippen molar-refractivity contribution in [2.75, 3.05) is 19.0 Å². The van der Waals surface area contributed by atoms with Crippen molar-refractivity contribution in [3.8, 4) is 11.5 Å². The molecule has 2 rings (SSSR count). The monoisotopic (exact) mass is 363 g/mol. The molecule has 0 spiro atoms. The molecule has 0 unspecified atom stereocenters. The number of anilines is 1. The molecule has 1 amide bonds. The van der Waals surface area contributed by atoms with E-state index in [1.807, 2.05) is 6.92 Å². The van der Waals surface area contributed by atoms with Gasteiger partial charge in [0.15, 0.2) is 16.6 Å². The van der Waals surface area contributed by atoms with Gasteiger partial charge in [-0.1, -0.05) is 12.1 Å². The minimum absolute atomic E-state index is 0.0522. The van der Waals surface area contributed by atoms with Crippen LogP contribution in [-0.4, -0.2) is 24.7 Å². The number of carbonyl (C=O) groups is 1. The van der Waals surface area contributed by atoms with E-state index in [9.17, 15) is 9.18 Å². The Bertz CT molecular complexity index is 771. The molecule has 0 radical (unpaired) electrons. The Kier molecular flexibility index (Phi) is 6.53. The van der Waals surface area contributed by atoms with Gasteiger partial charge in [-0.05, 0) is 49.5 Å². The van der Waals surface area contributed by atoms with Crippen molar-refractivity contribution in [1.82, 2.24) is 10.9 Å². The van der Waals surface area contributed by atoms with Crippen LogP contribution in [0.1, 0.15) is 17.3 Å². The van der Waals surface area contributed by atoms with Gasteiger partial charge in [0.2, 0.25) is 0 Å². The van der Waals surface area contributed by atoms with Crippen molar-refractivity contribution < 1.29 is 18.7 Å².